The lowest BCUT2D eigenvalue weighted by Crippen LogP contribution is -2.39. The first kappa shape index (κ1) is 27.9. The highest BCUT2D eigenvalue weighted by Crippen LogP contribution is 2.28. The molecule has 1 saturated heterocycles. The molecule has 0 spiro atoms. The fourth-order valence-electron chi connectivity index (χ4n) is 4.14. The molecule has 1 aliphatic rings. The van der Waals surface area contributed by atoms with Crippen LogP contribution in [0, 0.1) is 6.92 Å². The molecule has 4 rings (SSSR count). The lowest BCUT2D eigenvalue weighted by molar-refractivity contribution is -0.131. The Morgan fingerprint density at radius 2 is 1.82 bits per heavy atom. The van der Waals surface area contributed by atoms with Gasteiger partial charge >= 0.3 is 0 Å². The topological polar surface area (TPSA) is 96.0 Å². The number of carbonyl (C=O) groups excluding carboxylic acids is 2. The molecule has 0 saturated carbocycles. The third-order valence-corrected chi connectivity index (χ3v) is 8.58. The maximum Gasteiger partial charge on any atom is 0.261 e. The summed E-state index contributed by atoms with van der Waals surface area (Å²) in [5.74, 6) is 0.0384. The number of nitrogens with one attached hydrogen (secondary N) is 1. The molecule has 0 radical (unpaired) electrons. The van der Waals surface area contributed by atoms with Crippen molar-refractivity contribution in [2.45, 2.75) is 24.8 Å². The Hall–Kier alpha value is -3.08. The molecule has 0 aromatic heterocycles. The monoisotopic (exact) mass is 619 g/mol. The highest BCUT2D eigenvalue weighted by Gasteiger charge is 2.28. The van der Waals surface area contributed by atoms with E-state index in [-0.39, 0.29) is 27.9 Å². The van der Waals surface area contributed by atoms with Crippen molar-refractivity contribution in [2.24, 2.45) is 0 Å². The van der Waals surface area contributed by atoms with Crippen LogP contribution in [0.1, 0.15) is 27.9 Å². The minimum atomic E-state index is -4.02. The fraction of sp³-hybridized carbons (Fsp3) is 0.259. The van der Waals surface area contributed by atoms with Crippen LogP contribution < -0.4 is 9.46 Å². The molecule has 3 aromatic carbocycles. The van der Waals surface area contributed by atoms with Crippen molar-refractivity contribution in [1.29, 1.82) is 0 Å². The number of hydrogen-bond donors (Lipinski definition) is 1. The molecule has 0 unspecified atom stereocenters. The summed E-state index contributed by atoms with van der Waals surface area (Å²) < 4.78 is 34.6. The van der Waals surface area contributed by atoms with E-state index in [1.165, 1.54) is 23.1 Å². The average molecular weight is 621 g/mol. The first-order chi connectivity index (χ1) is 18.1. The zero-order valence-corrected chi connectivity index (χ0v) is 24.1. The van der Waals surface area contributed by atoms with E-state index in [0.717, 1.165) is 16.9 Å². The van der Waals surface area contributed by atoms with Gasteiger partial charge in [-0.1, -0.05) is 29.8 Å². The summed E-state index contributed by atoms with van der Waals surface area (Å²) >= 11 is 9.68. The van der Waals surface area contributed by atoms with E-state index >= 15 is 0 Å². The zero-order valence-electron chi connectivity index (χ0n) is 20.9. The van der Waals surface area contributed by atoms with Crippen LogP contribution in [0.4, 0.5) is 5.69 Å². The van der Waals surface area contributed by atoms with Gasteiger partial charge in [0.05, 0.1) is 28.3 Å². The molecule has 38 heavy (non-hydrogen) atoms. The number of aryl methyl sites for hydroxylation is 1. The lowest BCUT2D eigenvalue weighted by atomic mass is 10.2. The third-order valence-electron chi connectivity index (χ3n) is 6.20. The zero-order chi connectivity index (χ0) is 27.4. The maximum absolute atomic E-state index is 13.4. The molecule has 1 heterocycles. The van der Waals surface area contributed by atoms with Crippen LogP contribution >= 0.6 is 27.5 Å². The van der Waals surface area contributed by atoms with Crippen molar-refractivity contribution in [3.8, 4) is 5.75 Å². The smallest absolute Gasteiger partial charge is 0.261 e. The third kappa shape index (κ3) is 6.48. The van der Waals surface area contributed by atoms with Crippen LogP contribution in [0.2, 0.25) is 5.02 Å². The highest BCUT2D eigenvalue weighted by molar-refractivity contribution is 9.10. The Morgan fingerprint density at radius 1 is 1.08 bits per heavy atom. The molecule has 3 aromatic rings. The summed E-state index contributed by atoms with van der Waals surface area (Å²) in [4.78, 5) is 29.5. The van der Waals surface area contributed by atoms with Crippen LogP contribution in [-0.2, 0) is 21.4 Å². The van der Waals surface area contributed by atoms with Crippen molar-refractivity contribution >= 4 is 55.1 Å². The second-order valence-corrected chi connectivity index (χ2v) is 11.9. The molecule has 0 bridgehead atoms. The number of methoxy groups -OCH3 is 1. The molecular formula is C27H27BrClN3O5S. The van der Waals surface area contributed by atoms with E-state index in [9.17, 15) is 18.0 Å². The van der Waals surface area contributed by atoms with Gasteiger partial charge in [-0.3, -0.25) is 14.3 Å². The number of benzene rings is 3. The van der Waals surface area contributed by atoms with Gasteiger partial charge in [0.15, 0.2) is 0 Å². The van der Waals surface area contributed by atoms with Gasteiger partial charge < -0.3 is 14.5 Å². The second kappa shape index (κ2) is 11.8. The number of sulfonamides is 1. The van der Waals surface area contributed by atoms with Crippen molar-refractivity contribution in [1.82, 2.24) is 9.80 Å². The lowest BCUT2D eigenvalue weighted by Gasteiger charge is -2.22. The van der Waals surface area contributed by atoms with Crippen LogP contribution in [0.25, 0.3) is 0 Å². The minimum Gasteiger partial charge on any atom is -0.497 e. The number of hydrogen-bond acceptors (Lipinski definition) is 5. The van der Waals surface area contributed by atoms with E-state index in [1.807, 2.05) is 37.3 Å². The van der Waals surface area contributed by atoms with E-state index in [1.54, 1.807) is 24.1 Å². The number of carbonyl (C=O) groups is 2. The van der Waals surface area contributed by atoms with Crippen LogP contribution in [0.15, 0.2) is 70.0 Å². The summed E-state index contributed by atoms with van der Waals surface area (Å²) in [6, 6.07) is 16.7. The van der Waals surface area contributed by atoms with Crippen LogP contribution in [0.5, 0.6) is 5.75 Å². The number of halogens is 2. The Labute approximate surface area is 235 Å². The van der Waals surface area contributed by atoms with Gasteiger partial charge in [-0.25, -0.2) is 8.42 Å². The summed E-state index contributed by atoms with van der Waals surface area (Å²) in [6.45, 7) is 2.97. The Kier molecular flexibility index (Phi) is 8.64. The second-order valence-electron chi connectivity index (χ2n) is 8.97. The Bertz CT molecular complexity index is 1460. The summed E-state index contributed by atoms with van der Waals surface area (Å²) in [5.41, 5.74) is 2.23. The van der Waals surface area contributed by atoms with E-state index < -0.39 is 15.9 Å². The first-order valence-corrected chi connectivity index (χ1v) is 14.5. The van der Waals surface area contributed by atoms with Crippen molar-refractivity contribution in [3.63, 3.8) is 0 Å². The van der Waals surface area contributed by atoms with Gasteiger partial charge in [0.1, 0.15) is 12.3 Å². The van der Waals surface area contributed by atoms with Crippen molar-refractivity contribution in [3.05, 3.63) is 86.8 Å². The molecular weight excluding hydrogens is 594 g/mol. The number of rotatable bonds is 7. The molecule has 1 fully saturated rings. The van der Waals surface area contributed by atoms with Gasteiger partial charge in [-0.2, -0.15) is 0 Å². The molecule has 11 heteroatoms. The fourth-order valence-corrected chi connectivity index (χ4v) is 5.91. The van der Waals surface area contributed by atoms with Gasteiger partial charge in [-0.05, 0) is 82.9 Å². The number of ether oxygens (including phenoxy) is 1. The Balaban J connectivity index is 1.51. The molecule has 1 N–H and O–H groups in total. The number of amides is 2. The van der Waals surface area contributed by atoms with Gasteiger partial charge in [0.25, 0.3) is 15.9 Å². The standard InChI is InChI=1S/C27H27BrClN3O5S/c1-18-4-10-23(28)25(14-18)30-38(35,36)21-9-11-24(29)22(15-21)27(34)32-13-3-12-31(26(33)17-32)16-19-5-7-20(37-2)8-6-19/h4-11,14-15,30H,3,12-13,16-17H2,1-2H3. The van der Waals surface area contributed by atoms with Gasteiger partial charge in [0, 0.05) is 24.1 Å². The summed E-state index contributed by atoms with van der Waals surface area (Å²) in [7, 11) is -2.42. The maximum atomic E-state index is 13.4. The minimum absolute atomic E-state index is 0.0225. The van der Waals surface area contributed by atoms with E-state index in [0.29, 0.717) is 36.2 Å². The van der Waals surface area contributed by atoms with Crippen LogP contribution in [0.3, 0.4) is 0 Å². The highest BCUT2D eigenvalue weighted by atomic mass is 79.9. The SMILES string of the molecule is COc1ccc(CN2CCCN(C(=O)c3cc(S(=O)(=O)Nc4cc(C)ccc4Br)ccc3Cl)CC2=O)cc1. The molecule has 200 valence electrons. The molecule has 1 aliphatic heterocycles. The first-order valence-electron chi connectivity index (χ1n) is 11.9. The predicted molar refractivity (Wildman–Crippen MR) is 150 cm³/mol. The molecule has 2 amide bonds. The quantitative estimate of drug-likeness (QED) is 0.397. The molecule has 0 atom stereocenters. The van der Waals surface area contributed by atoms with E-state index in [4.69, 9.17) is 16.3 Å². The van der Waals surface area contributed by atoms with Crippen molar-refractivity contribution in [2.75, 3.05) is 31.5 Å². The molecule has 0 aliphatic carbocycles. The van der Waals surface area contributed by atoms with E-state index in [2.05, 4.69) is 20.7 Å². The summed E-state index contributed by atoms with van der Waals surface area (Å²) in [5, 5.41) is 0.109. The summed E-state index contributed by atoms with van der Waals surface area (Å²) in [6.07, 6.45) is 0.576. The largest absolute Gasteiger partial charge is 0.497 e. The average Bonchev–Trinajstić information content (AvgIpc) is 3.07. The van der Waals surface area contributed by atoms with Crippen molar-refractivity contribution < 1.29 is 22.7 Å². The Morgan fingerprint density at radius 3 is 2.53 bits per heavy atom. The molecule has 8 nitrogen and oxygen atoms in total. The van der Waals surface area contributed by atoms with Gasteiger partial charge in [-0.15, -0.1) is 0 Å². The van der Waals surface area contributed by atoms with Gasteiger partial charge in [0.2, 0.25) is 5.91 Å². The number of nitrogens with zero attached hydrogens (tertiary/aromatic N) is 2. The number of anilines is 1. The van der Waals surface area contributed by atoms with Crippen LogP contribution in [-0.4, -0.2) is 56.8 Å². The predicted octanol–water partition coefficient (Wildman–Crippen LogP) is 5.10. The normalized spacial score (nSPS) is 14.3.